The molecule has 104 valence electrons. The molecule has 0 spiro atoms. The van der Waals surface area contributed by atoms with Crippen molar-refractivity contribution in [1.82, 2.24) is 14.9 Å². The van der Waals surface area contributed by atoms with Crippen molar-refractivity contribution in [1.29, 1.82) is 0 Å². The van der Waals surface area contributed by atoms with E-state index in [9.17, 15) is 4.79 Å². The van der Waals surface area contributed by atoms with Gasteiger partial charge in [-0.3, -0.25) is 4.79 Å². The number of nitrogens with two attached hydrogens (primary N) is 1. The van der Waals surface area contributed by atoms with Gasteiger partial charge in [0.25, 0.3) is 5.91 Å². The molecule has 0 aliphatic carbocycles. The largest absolute Gasteiger partial charge is 0.396 e. The van der Waals surface area contributed by atoms with Crippen LogP contribution in [-0.2, 0) is 0 Å². The van der Waals surface area contributed by atoms with E-state index >= 15 is 0 Å². The lowest BCUT2D eigenvalue weighted by Gasteiger charge is -2.17. The third-order valence-corrected chi connectivity index (χ3v) is 3.71. The monoisotopic (exact) mass is 262 g/mol. The predicted octanol–water partition coefficient (Wildman–Crippen LogP) is 2.05. The molecule has 19 heavy (non-hydrogen) atoms. The number of aromatic nitrogens is 2. The Morgan fingerprint density at radius 2 is 2.32 bits per heavy atom. The average molecular weight is 262 g/mol. The molecule has 5 heteroatoms. The van der Waals surface area contributed by atoms with Crippen LogP contribution in [0.5, 0.6) is 0 Å². The molecule has 1 fully saturated rings. The van der Waals surface area contributed by atoms with Gasteiger partial charge in [-0.2, -0.15) is 0 Å². The number of anilines is 1. The number of nitrogens with zero attached hydrogens (tertiary/aromatic N) is 3. The normalized spacial score (nSPS) is 19.2. The van der Waals surface area contributed by atoms with Crippen LogP contribution >= 0.6 is 0 Å². The van der Waals surface area contributed by atoms with Gasteiger partial charge in [0.2, 0.25) is 0 Å². The molecule has 5 nitrogen and oxygen atoms in total. The highest BCUT2D eigenvalue weighted by atomic mass is 16.2. The van der Waals surface area contributed by atoms with E-state index in [1.807, 2.05) is 18.7 Å². The summed E-state index contributed by atoms with van der Waals surface area (Å²) in [5, 5.41) is 0. The first-order chi connectivity index (χ1) is 9.02. The van der Waals surface area contributed by atoms with Crippen LogP contribution < -0.4 is 5.73 Å². The SMILES string of the molecule is CCC1CCN(C(=O)c2nc(C(C)C)ncc2N)C1. The maximum absolute atomic E-state index is 12.5. The molecule has 0 bridgehead atoms. The molecule has 1 atom stereocenters. The van der Waals surface area contributed by atoms with Crippen LogP contribution in [0.1, 0.15) is 55.8 Å². The molecule has 1 aromatic rings. The topological polar surface area (TPSA) is 72.1 Å². The van der Waals surface area contributed by atoms with Crippen molar-refractivity contribution in [3.8, 4) is 0 Å². The van der Waals surface area contributed by atoms with Gasteiger partial charge in [-0.15, -0.1) is 0 Å². The van der Waals surface area contributed by atoms with Gasteiger partial charge in [0.05, 0.1) is 11.9 Å². The van der Waals surface area contributed by atoms with Crippen molar-refractivity contribution in [3.63, 3.8) is 0 Å². The summed E-state index contributed by atoms with van der Waals surface area (Å²) in [6.45, 7) is 7.79. The van der Waals surface area contributed by atoms with Gasteiger partial charge in [-0.1, -0.05) is 27.2 Å². The van der Waals surface area contributed by atoms with Crippen LogP contribution in [-0.4, -0.2) is 33.9 Å². The molecule has 0 aromatic carbocycles. The molecular formula is C14H22N4O. The Hall–Kier alpha value is -1.65. The molecule has 2 N–H and O–H groups in total. The first-order valence-corrected chi connectivity index (χ1v) is 6.94. The van der Waals surface area contributed by atoms with E-state index in [-0.39, 0.29) is 11.8 Å². The zero-order chi connectivity index (χ0) is 14.0. The molecule has 1 aromatic heterocycles. The number of amides is 1. The van der Waals surface area contributed by atoms with Gasteiger partial charge in [-0.25, -0.2) is 9.97 Å². The molecule has 1 amide bonds. The summed E-state index contributed by atoms with van der Waals surface area (Å²) in [6, 6.07) is 0. The Morgan fingerprint density at radius 3 is 2.89 bits per heavy atom. The van der Waals surface area contributed by atoms with Crippen LogP contribution in [0.3, 0.4) is 0 Å². The van der Waals surface area contributed by atoms with Crippen LogP contribution in [0.25, 0.3) is 0 Å². The van der Waals surface area contributed by atoms with Crippen molar-refractivity contribution in [2.75, 3.05) is 18.8 Å². The summed E-state index contributed by atoms with van der Waals surface area (Å²) < 4.78 is 0. The van der Waals surface area contributed by atoms with Crippen molar-refractivity contribution >= 4 is 11.6 Å². The zero-order valence-corrected chi connectivity index (χ0v) is 11.9. The number of hydrogen-bond acceptors (Lipinski definition) is 4. The van der Waals surface area contributed by atoms with Crippen molar-refractivity contribution in [2.45, 2.75) is 39.5 Å². The van der Waals surface area contributed by atoms with E-state index in [0.29, 0.717) is 23.1 Å². The molecule has 1 unspecified atom stereocenters. The van der Waals surface area contributed by atoms with Gasteiger partial charge in [-0.05, 0) is 12.3 Å². The third-order valence-electron chi connectivity index (χ3n) is 3.71. The Labute approximate surface area is 114 Å². The Morgan fingerprint density at radius 1 is 1.58 bits per heavy atom. The molecular weight excluding hydrogens is 240 g/mol. The number of hydrogen-bond donors (Lipinski definition) is 1. The fraction of sp³-hybridized carbons (Fsp3) is 0.643. The van der Waals surface area contributed by atoms with Crippen molar-refractivity contribution < 1.29 is 4.79 Å². The van der Waals surface area contributed by atoms with Crippen LogP contribution in [0, 0.1) is 5.92 Å². The van der Waals surface area contributed by atoms with Crippen LogP contribution in [0.2, 0.25) is 0 Å². The third kappa shape index (κ3) is 2.85. The quantitative estimate of drug-likeness (QED) is 0.905. The molecule has 0 radical (unpaired) electrons. The van der Waals surface area contributed by atoms with Gasteiger partial charge in [0.1, 0.15) is 5.82 Å². The zero-order valence-electron chi connectivity index (χ0n) is 11.9. The minimum absolute atomic E-state index is 0.0576. The van der Waals surface area contributed by atoms with Gasteiger partial charge >= 0.3 is 0 Å². The first kappa shape index (κ1) is 13.8. The summed E-state index contributed by atoms with van der Waals surface area (Å²) in [5.41, 5.74) is 6.58. The maximum Gasteiger partial charge on any atom is 0.274 e. The average Bonchev–Trinajstić information content (AvgIpc) is 2.87. The lowest BCUT2D eigenvalue weighted by Crippen LogP contribution is -2.30. The highest BCUT2D eigenvalue weighted by Crippen LogP contribution is 2.22. The summed E-state index contributed by atoms with van der Waals surface area (Å²) in [7, 11) is 0. The van der Waals surface area contributed by atoms with Gasteiger partial charge in [0, 0.05) is 19.0 Å². The van der Waals surface area contributed by atoms with Crippen molar-refractivity contribution in [3.05, 3.63) is 17.7 Å². The van der Waals surface area contributed by atoms with E-state index in [2.05, 4.69) is 16.9 Å². The van der Waals surface area contributed by atoms with Crippen molar-refractivity contribution in [2.24, 2.45) is 5.92 Å². The lowest BCUT2D eigenvalue weighted by molar-refractivity contribution is 0.0781. The minimum atomic E-state index is -0.0576. The van der Waals surface area contributed by atoms with Gasteiger partial charge < -0.3 is 10.6 Å². The predicted molar refractivity (Wildman–Crippen MR) is 74.8 cm³/mol. The lowest BCUT2D eigenvalue weighted by atomic mass is 10.1. The Balaban J connectivity index is 2.21. The second kappa shape index (κ2) is 5.55. The first-order valence-electron chi connectivity index (χ1n) is 6.94. The van der Waals surface area contributed by atoms with E-state index < -0.39 is 0 Å². The summed E-state index contributed by atoms with van der Waals surface area (Å²) >= 11 is 0. The number of carbonyl (C=O) groups is 1. The highest BCUT2D eigenvalue weighted by Gasteiger charge is 2.28. The second-order valence-corrected chi connectivity index (χ2v) is 5.50. The van der Waals surface area contributed by atoms with E-state index in [4.69, 9.17) is 5.73 Å². The number of likely N-dealkylation sites (tertiary alicyclic amines) is 1. The van der Waals surface area contributed by atoms with E-state index in [1.165, 1.54) is 0 Å². The van der Waals surface area contributed by atoms with Crippen LogP contribution in [0.4, 0.5) is 5.69 Å². The summed E-state index contributed by atoms with van der Waals surface area (Å²) in [5.74, 6) is 1.41. The maximum atomic E-state index is 12.5. The van der Waals surface area contributed by atoms with E-state index in [0.717, 1.165) is 25.9 Å². The molecule has 2 heterocycles. The second-order valence-electron chi connectivity index (χ2n) is 5.50. The molecule has 0 saturated carbocycles. The molecule has 1 aliphatic rings. The number of rotatable bonds is 3. The minimum Gasteiger partial charge on any atom is -0.396 e. The number of nitrogen functional groups attached to an aromatic ring is 1. The Bertz CT molecular complexity index is 473. The number of carbonyl (C=O) groups excluding carboxylic acids is 1. The summed E-state index contributed by atoms with van der Waals surface area (Å²) in [4.78, 5) is 22.8. The highest BCUT2D eigenvalue weighted by molar-refractivity contribution is 5.97. The smallest absolute Gasteiger partial charge is 0.274 e. The van der Waals surface area contributed by atoms with E-state index in [1.54, 1.807) is 6.20 Å². The Kier molecular flexibility index (Phi) is 4.02. The molecule has 1 aliphatic heterocycles. The van der Waals surface area contributed by atoms with Gasteiger partial charge in [0.15, 0.2) is 5.69 Å². The fourth-order valence-corrected chi connectivity index (χ4v) is 2.35. The standard InChI is InChI=1S/C14H22N4O/c1-4-10-5-6-18(8-10)14(19)12-11(15)7-16-13(17-12)9(2)3/h7,9-10H,4-6,8,15H2,1-3H3. The molecule has 1 saturated heterocycles. The molecule has 2 rings (SSSR count). The van der Waals surface area contributed by atoms with Crippen LogP contribution in [0.15, 0.2) is 6.20 Å². The fourth-order valence-electron chi connectivity index (χ4n) is 2.35. The summed E-state index contributed by atoms with van der Waals surface area (Å²) in [6.07, 6.45) is 3.73.